The third-order valence-corrected chi connectivity index (χ3v) is 3.83. The summed E-state index contributed by atoms with van der Waals surface area (Å²) >= 11 is 5.92. The van der Waals surface area contributed by atoms with Crippen molar-refractivity contribution in [2.24, 2.45) is 5.73 Å². The van der Waals surface area contributed by atoms with Gasteiger partial charge in [0.15, 0.2) is 0 Å². The van der Waals surface area contributed by atoms with E-state index in [2.05, 4.69) is 16.8 Å². The van der Waals surface area contributed by atoms with E-state index in [0.717, 1.165) is 10.6 Å². The molecule has 0 fully saturated rings. The molecule has 0 radical (unpaired) electrons. The number of benzene rings is 1. The molecule has 0 aliphatic heterocycles. The summed E-state index contributed by atoms with van der Waals surface area (Å²) in [5, 5.41) is 8.33. The van der Waals surface area contributed by atoms with Gasteiger partial charge in [-0.3, -0.25) is 15.3 Å². The molecule has 110 valence electrons. The minimum Gasteiger partial charge on any atom is -0.382 e. The molecule has 2 rings (SSSR count). The maximum Gasteiger partial charge on any atom is 0.142 e. The second-order valence-electron chi connectivity index (χ2n) is 5.07. The smallest absolute Gasteiger partial charge is 0.142 e. The molecule has 0 spiro atoms. The Hall–Kier alpha value is -1.91. The fraction of sp³-hybridized carbons (Fsp3) is 0.250. The van der Waals surface area contributed by atoms with Gasteiger partial charge in [0, 0.05) is 23.8 Å². The number of aromatic nitrogens is 1. The van der Waals surface area contributed by atoms with E-state index in [-0.39, 0.29) is 11.9 Å². The average molecular weight is 303 g/mol. The summed E-state index contributed by atoms with van der Waals surface area (Å²) in [6.45, 7) is 2.81. The van der Waals surface area contributed by atoms with Crippen molar-refractivity contribution < 1.29 is 0 Å². The Morgan fingerprint density at radius 2 is 2.00 bits per heavy atom. The number of rotatable bonds is 5. The van der Waals surface area contributed by atoms with Gasteiger partial charge in [-0.1, -0.05) is 29.8 Å². The Labute approximate surface area is 130 Å². The Morgan fingerprint density at radius 1 is 1.33 bits per heavy atom. The molecular formula is C16H19ClN4. The van der Waals surface area contributed by atoms with E-state index in [9.17, 15) is 0 Å². The lowest BCUT2D eigenvalue weighted by atomic mass is 10.1. The van der Waals surface area contributed by atoms with Gasteiger partial charge in [-0.2, -0.15) is 0 Å². The molecule has 0 amide bonds. The minimum atomic E-state index is -0.00172. The van der Waals surface area contributed by atoms with Gasteiger partial charge in [-0.15, -0.1) is 0 Å². The van der Waals surface area contributed by atoms with Crippen molar-refractivity contribution in [3.8, 4) is 0 Å². The predicted octanol–water partition coefficient (Wildman–Crippen LogP) is 3.21. The second-order valence-corrected chi connectivity index (χ2v) is 5.50. The summed E-state index contributed by atoms with van der Waals surface area (Å²) in [5.74, 6) is -0.00172. The van der Waals surface area contributed by atoms with Crippen molar-refractivity contribution in [3.63, 3.8) is 0 Å². The van der Waals surface area contributed by atoms with Gasteiger partial charge in [0.1, 0.15) is 11.5 Å². The number of nitrogen functional groups attached to an aromatic ring is 1. The van der Waals surface area contributed by atoms with E-state index < -0.39 is 0 Å². The van der Waals surface area contributed by atoms with Crippen molar-refractivity contribution in [1.29, 1.82) is 5.41 Å². The number of pyridine rings is 1. The Bertz CT molecular complexity index is 624. The van der Waals surface area contributed by atoms with Crippen molar-refractivity contribution in [2.75, 3.05) is 7.05 Å². The Balaban J connectivity index is 2.16. The van der Waals surface area contributed by atoms with Crippen LogP contribution in [0.15, 0.2) is 42.6 Å². The van der Waals surface area contributed by atoms with E-state index in [4.69, 9.17) is 22.7 Å². The number of nitrogens with zero attached hydrogens (tertiary/aromatic N) is 2. The zero-order valence-corrected chi connectivity index (χ0v) is 12.9. The molecule has 1 heterocycles. The Kier molecular flexibility index (Phi) is 4.94. The van der Waals surface area contributed by atoms with Crippen molar-refractivity contribution >= 4 is 17.4 Å². The highest BCUT2D eigenvalue weighted by Gasteiger charge is 2.15. The number of nitrogens with one attached hydrogen (secondary N) is 1. The van der Waals surface area contributed by atoms with E-state index in [0.29, 0.717) is 12.2 Å². The lowest BCUT2D eigenvalue weighted by molar-refractivity contribution is 0.252. The molecule has 1 aromatic carbocycles. The highest BCUT2D eigenvalue weighted by molar-refractivity contribution is 6.30. The summed E-state index contributed by atoms with van der Waals surface area (Å²) in [6.07, 6.45) is 1.66. The first-order chi connectivity index (χ1) is 9.99. The summed E-state index contributed by atoms with van der Waals surface area (Å²) in [6, 6.07) is 11.9. The quantitative estimate of drug-likeness (QED) is 0.658. The highest BCUT2D eigenvalue weighted by atomic mass is 35.5. The zero-order chi connectivity index (χ0) is 15.4. The lowest BCUT2D eigenvalue weighted by Crippen LogP contribution is -2.24. The average Bonchev–Trinajstić information content (AvgIpc) is 2.47. The fourth-order valence-corrected chi connectivity index (χ4v) is 2.34. The number of halogens is 1. The standard InChI is InChI=1S/C16H19ClN4/c1-11(12-5-7-14(17)8-6-12)21(2)10-13-4-3-9-20-15(13)16(18)19/h3-9,11H,10H2,1-2H3,(H3,18,19). The lowest BCUT2D eigenvalue weighted by Gasteiger charge is -2.25. The third-order valence-electron chi connectivity index (χ3n) is 3.58. The van der Waals surface area contributed by atoms with Crippen LogP contribution in [0.5, 0.6) is 0 Å². The largest absolute Gasteiger partial charge is 0.382 e. The molecule has 0 bridgehead atoms. The highest BCUT2D eigenvalue weighted by Crippen LogP contribution is 2.22. The summed E-state index contributed by atoms with van der Waals surface area (Å²) < 4.78 is 0. The number of hydrogen-bond acceptors (Lipinski definition) is 3. The SMILES string of the molecule is CC(c1ccc(Cl)cc1)N(C)Cc1cccnc1C(=N)N. The first-order valence-corrected chi connectivity index (χ1v) is 7.11. The first kappa shape index (κ1) is 15.5. The Morgan fingerprint density at radius 3 is 2.62 bits per heavy atom. The third kappa shape index (κ3) is 3.80. The van der Waals surface area contributed by atoms with E-state index in [1.165, 1.54) is 5.56 Å². The van der Waals surface area contributed by atoms with E-state index in [1.54, 1.807) is 6.20 Å². The molecule has 5 heteroatoms. The first-order valence-electron chi connectivity index (χ1n) is 6.73. The second kappa shape index (κ2) is 6.70. The van der Waals surface area contributed by atoms with Crippen LogP contribution in [0, 0.1) is 5.41 Å². The summed E-state index contributed by atoms with van der Waals surface area (Å²) in [7, 11) is 2.04. The van der Waals surface area contributed by atoms with Crippen molar-refractivity contribution in [3.05, 3.63) is 64.4 Å². The molecule has 0 saturated carbocycles. The van der Waals surface area contributed by atoms with Crippen LogP contribution in [0.2, 0.25) is 5.02 Å². The van der Waals surface area contributed by atoms with Crippen LogP contribution in [-0.4, -0.2) is 22.8 Å². The van der Waals surface area contributed by atoms with Gasteiger partial charge in [-0.05, 0) is 43.3 Å². The molecule has 1 atom stereocenters. The predicted molar refractivity (Wildman–Crippen MR) is 86.6 cm³/mol. The van der Waals surface area contributed by atoms with Crippen LogP contribution < -0.4 is 5.73 Å². The topological polar surface area (TPSA) is 66.0 Å². The van der Waals surface area contributed by atoms with Gasteiger partial charge < -0.3 is 5.73 Å². The van der Waals surface area contributed by atoms with Gasteiger partial charge in [0.25, 0.3) is 0 Å². The van der Waals surface area contributed by atoms with E-state index in [1.807, 2.05) is 43.4 Å². The number of nitrogens with two attached hydrogens (primary N) is 1. The van der Waals surface area contributed by atoms with Crippen molar-refractivity contribution in [2.45, 2.75) is 19.5 Å². The minimum absolute atomic E-state index is 0.00172. The molecule has 2 aromatic rings. The molecule has 0 aliphatic carbocycles. The number of hydrogen-bond donors (Lipinski definition) is 2. The van der Waals surface area contributed by atoms with Gasteiger partial charge >= 0.3 is 0 Å². The van der Waals surface area contributed by atoms with E-state index >= 15 is 0 Å². The normalized spacial score (nSPS) is 12.4. The van der Waals surface area contributed by atoms with Crippen LogP contribution in [0.25, 0.3) is 0 Å². The number of amidine groups is 1. The summed E-state index contributed by atoms with van der Waals surface area (Å²) in [5.41, 5.74) is 8.27. The summed E-state index contributed by atoms with van der Waals surface area (Å²) in [4.78, 5) is 6.37. The molecule has 21 heavy (non-hydrogen) atoms. The van der Waals surface area contributed by atoms with Crippen LogP contribution in [0.3, 0.4) is 0 Å². The van der Waals surface area contributed by atoms with Crippen LogP contribution in [0.1, 0.15) is 29.8 Å². The van der Waals surface area contributed by atoms with Crippen LogP contribution in [0.4, 0.5) is 0 Å². The molecule has 1 unspecified atom stereocenters. The van der Waals surface area contributed by atoms with Gasteiger partial charge in [0.2, 0.25) is 0 Å². The molecule has 4 nitrogen and oxygen atoms in total. The zero-order valence-electron chi connectivity index (χ0n) is 12.2. The fourth-order valence-electron chi connectivity index (χ4n) is 2.21. The molecule has 1 aromatic heterocycles. The van der Waals surface area contributed by atoms with Crippen LogP contribution in [-0.2, 0) is 6.54 Å². The maximum absolute atomic E-state index is 7.60. The van der Waals surface area contributed by atoms with Crippen molar-refractivity contribution in [1.82, 2.24) is 9.88 Å². The molecule has 3 N–H and O–H groups in total. The maximum atomic E-state index is 7.60. The van der Waals surface area contributed by atoms with Crippen LogP contribution >= 0.6 is 11.6 Å². The van der Waals surface area contributed by atoms with Gasteiger partial charge in [-0.25, -0.2) is 0 Å². The van der Waals surface area contributed by atoms with Gasteiger partial charge in [0.05, 0.1) is 0 Å². The molecule has 0 aliphatic rings. The molecular weight excluding hydrogens is 284 g/mol. The monoisotopic (exact) mass is 302 g/mol. The molecule has 0 saturated heterocycles.